The van der Waals surface area contributed by atoms with Gasteiger partial charge in [-0.15, -0.1) is 0 Å². The van der Waals surface area contributed by atoms with Crippen LogP contribution in [0, 0.1) is 0 Å². The molecule has 2 heterocycles. The average molecular weight is 392 g/mol. The molecule has 0 radical (unpaired) electrons. The molecule has 2 aliphatic rings. The summed E-state index contributed by atoms with van der Waals surface area (Å²) in [4.78, 5) is 19.7. The van der Waals surface area contributed by atoms with E-state index in [9.17, 15) is 4.79 Å². The minimum absolute atomic E-state index is 0.212. The summed E-state index contributed by atoms with van der Waals surface area (Å²) in [6.07, 6.45) is 2.96. The second-order valence-electron chi connectivity index (χ2n) is 7.65. The lowest BCUT2D eigenvalue weighted by atomic mass is 10.1. The average Bonchev–Trinajstić information content (AvgIpc) is 2.80. The van der Waals surface area contributed by atoms with E-state index in [1.54, 1.807) is 7.11 Å². The van der Waals surface area contributed by atoms with Crippen molar-refractivity contribution in [3.8, 4) is 5.75 Å². The number of methoxy groups -OCH3 is 1. The fraction of sp³-hybridized carbons (Fsp3) is 0.375. The topological polar surface area (TPSA) is 36.0 Å². The van der Waals surface area contributed by atoms with Gasteiger partial charge in [-0.1, -0.05) is 48.5 Å². The number of hydrogen-bond acceptors (Lipinski definition) is 4. The number of amides is 1. The normalized spacial score (nSPS) is 17.8. The van der Waals surface area contributed by atoms with Crippen molar-refractivity contribution in [3.63, 3.8) is 0 Å². The van der Waals surface area contributed by atoms with Gasteiger partial charge in [-0.2, -0.15) is 0 Å². The lowest BCUT2D eigenvalue weighted by Crippen LogP contribution is -2.49. The molecule has 0 unspecified atom stereocenters. The zero-order valence-corrected chi connectivity index (χ0v) is 17.1. The van der Waals surface area contributed by atoms with Crippen molar-refractivity contribution in [2.24, 2.45) is 0 Å². The summed E-state index contributed by atoms with van der Waals surface area (Å²) in [5, 5.41) is 0. The smallest absolute Gasteiger partial charge is 0.249 e. The van der Waals surface area contributed by atoms with E-state index >= 15 is 0 Å². The number of piperazine rings is 1. The van der Waals surface area contributed by atoms with E-state index in [-0.39, 0.29) is 5.91 Å². The van der Waals surface area contributed by atoms with Crippen LogP contribution in [0.1, 0.15) is 12.0 Å². The summed E-state index contributed by atoms with van der Waals surface area (Å²) in [7, 11) is 1.70. The number of ether oxygens (including phenoxy) is 1. The van der Waals surface area contributed by atoms with E-state index in [1.165, 1.54) is 5.56 Å². The molecule has 2 aliphatic heterocycles. The van der Waals surface area contributed by atoms with Crippen LogP contribution < -0.4 is 9.64 Å². The zero-order valence-electron chi connectivity index (χ0n) is 17.1. The molecule has 5 nitrogen and oxygen atoms in total. The van der Waals surface area contributed by atoms with Crippen LogP contribution in [0.5, 0.6) is 5.75 Å². The van der Waals surface area contributed by atoms with Crippen molar-refractivity contribution in [2.75, 3.05) is 51.3 Å². The quantitative estimate of drug-likeness (QED) is 0.784. The number of hydrogen-bond donors (Lipinski definition) is 0. The number of para-hydroxylation sites is 2. The Morgan fingerprint density at radius 2 is 1.66 bits per heavy atom. The first-order valence-electron chi connectivity index (χ1n) is 10.4. The first kappa shape index (κ1) is 19.5. The zero-order chi connectivity index (χ0) is 20.1. The molecule has 0 spiro atoms. The predicted octanol–water partition coefficient (Wildman–Crippen LogP) is 3.18. The molecule has 0 saturated carbocycles. The highest BCUT2D eigenvalue weighted by Gasteiger charge is 2.26. The van der Waals surface area contributed by atoms with Crippen LogP contribution in [0.4, 0.5) is 5.69 Å². The summed E-state index contributed by atoms with van der Waals surface area (Å²) < 4.78 is 5.48. The molecule has 152 valence electrons. The molecule has 1 fully saturated rings. The number of nitrogens with zero attached hydrogens (tertiary/aromatic N) is 3. The third-order valence-electron chi connectivity index (χ3n) is 5.81. The maximum Gasteiger partial charge on any atom is 0.249 e. The van der Waals surface area contributed by atoms with Crippen LogP contribution in [0.2, 0.25) is 0 Å². The van der Waals surface area contributed by atoms with Gasteiger partial charge in [-0.25, -0.2) is 0 Å². The molecule has 0 aromatic heterocycles. The van der Waals surface area contributed by atoms with E-state index in [0.717, 1.165) is 69.2 Å². The molecular weight excluding hydrogens is 362 g/mol. The second-order valence-corrected chi connectivity index (χ2v) is 7.65. The van der Waals surface area contributed by atoms with Gasteiger partial charge in [0.1, 0.15) is 5.75 Å². The minimum atomic E-state index is 0.212. The van der Waals surface area contributed by atoms with Crippen molar-refractivity contribution >= 4 is 11.6 Å². The third-order valence-corrected chi connectivity index (χ3v) is 5.81. The maximum atomic E-state index is 13.0. The highest BCUT2D eigenvalue weighted by molar-refractivity contribution is 5.93. The fourth-order valence-electron chi connectivity index (χ4n) is 4.14. The summed E-state index contributed by atoms with van der Waals surface area (Å²) in [6.45, 7) is 5.89. The van der Waals surface area contributed by atoms with Gasteiger partial charge in [0.05, 0.1) is 12.8 Å². The largest absolute Gasteiger partial charge is 0.495 e. The third kappa shape index (κ3) is 4.62. The van der Waals surface area contributed by atoms with Crippen molar-refractivity contribution in [1.29, 1.82) is 0 Å². The van der Waals surface area contributed by atoms with Crippen LogP contribution >= 0.6 is 0 Å². The number of carbonyl (C=O) groups is 1. The Bertz CT molecular complexity index is 857. The Hall–Kier alpha value is -2.79. The van der Waals surface area contributed by atoms with Crippen molar-refractivity contribution in [2.45, 2.75) is 13.0 Å². The molecular formula is C24H29N3O2. The summed E-state index contributed by atoms with van der Waals surface area (Å²) in [5.74, 6) is 1.10. The predicted molar refractivity (Wildman–Crippen MR) is 116 cm³/mol. The van der Waals surface area contributed by atoms with Crippen LogP contribution in [-0.2, 0) is 11.3 Å². The highest BCUT2D eigenvalue weighted by Crippen LogP contribution is 2.28. The van der Waals surface area contributed by atoms with E-state index < -0.39 is 0 Å². The molecule has 5 heteroatoms. The van der Waals surface area contributed by atoms with E-state index in [2.05, 4.69) is 46.2 Å². The molecule has 2 aromatic carbocycles. The monoisotopic (exact) mass is 391 g/mol. The first-order chi connectivity index (χ1) is 14.2. The van der Waals surface area contributed by atoms with Gasteiger partial charge in [0.2, 0.25) is 5.91 Å². The van der Waals surface area contributed by atoms with Crippen LogP contribution in [0.15, 0.2) is 66.2 Å². The lowest BCUT2D eigenvalue weighted by Gasteiger charge is -2.37. The summed E-state index contributed by atoms with van der Waals surface area (Å²) in [6, 6.07) is 18.6. The number of carbonyl (C=O) groups excluding carboxylic acids is 1. The van der Waals surface area contributed by atoms with E-state index in [1.807, 2.05) is 29.2 Å². The Balaban J connectivity index is 1.31. The Morgan fingerprint density at radius 3 is 2.34 bits per heavy atom. The molecule has 0 N–H and O–H groups in total. The van der Waals surface area contributed by atoms with Gasteiger partial charge in [-0.05, 0) is 24.1 Å². The molecule has 1 saturated heterocycles. The molecule has 29 heavy (non-hydrogen) atoms. The van der Waals surface area contributed by atoms with Crippen molar-refractivity contribution in [3.05, 3.63) is 71.8 Å². The van der Waals surface area contributed by atoms with E-state index in [4.69, 9.17) is 4.74 Å². The number of benzene rings is 2. The Morgan fingerprint density at radius 1 is 0.931 bits per heavy atom. The van der Waals surface area contributed by atoms with Crippen LogP contribution in [0.25, 0.3) is 0 Å². The fourth-order valence-corrected chi connectivity index (χ4v) is 4.14. The second kappa shape index (κ2) is 9.14. The molecule has 0 atom stereocenters. The number of anilines is 1. The van der Waals surface area contributed by atoms with Gasteiger partial charge in [0.15, 0.2) is 0 Å². The Labute approximate surface area is 173 Å². The van der Waals surface area contributed by atoms with Crippen LogP contribution in [0.3, 0.4) is 0 Å². The summed E-state index contributed by atoms with van der Waals surface area (Å²) >= 11 is 0. The van der Waals surface area contributed by atoms with Crippen molar-refractivity contribution in [1.82, 2.24) is 9.80 Å². The molecule has 2 aromatic rings. The SMILES string of the molecule is COc1ccccc1N1CCN(C(=O)C2=CCN(Cc3ccccc3)CC2)CC1. The maximum absolute atomic E-state index is 13.0. The first-order valence-corrected chi connectivity index (χ1v) is 10.4. The van der Waals surface area contributed by atoms with Crippen molar-refractivity contribution < 1.29 is 9.53 Å². The molecule has 0 aliphatic carbocycles. The minimum Gasteiger partial charge on any atom is -0.495 e. The lowest BCUT2D eigenvalue weighted by molar-refractivity contribution is -0.127. The van der Waals surface area contributed by atoms with Gasteiger partial charge in [-0.3, -0.25) is 9.69 Å². The molecule has 4 rings (SSSR count). The standard InChI is InChI=1S/C24H29N3O2/c1-29-23-10-6-5-9-22(23)26-15-17-27(18-16-26)24(28)21-11-13-25(14-12-21)19-20-7-3-2-4-8-20/h2-11H,12-19H2,1H3. The Kier molecular flexibility index (Phi) is 6.15. The molecule has 1 amide bonds. The number of rotatable bonds is 5. The molecule has 0 bridgehead atoms. The van der Waals surface area contributed by atoms with Crippen LogP contribution in [-0.4, -0.2) is 62.1 Å². The van der Waals surface area contributed by atoms with Gasteiger partial charge >= 0.3 is 0 Å². The van der Waals surface area contributed by atoms with Gasteiger partial charge < -0.3 is 14.5 Å². The van der Waals surface area contributed by atoms with E-state index in [0.29, 0.717) is 0 Å². The van der Waals surface area contributed by atoms with Gasteiger partial charge in [0.25, 0.3) is 0 Å². The van der Waals surface area contributed by atoms with Gasteiger partial charge in [0, 0.05) is 51.4 Å². The summed E-state index contributed by atoms with van der Waals surface area (Å²) in [5.41, 5.74) is 3.40. The highest BCUT2D eigenvalue weighted by atomic mass is 16.5.